The number of rotatable bonds is 4. The smallest absolute Gasteiger partial charge is 0.409 e. The van der Waals surface area contributed by atoms with Gasteiger partial charge in [-0.2, -0.15) is 0 Å². The summed E-state index contributed by atoms with van der Waals surface area (Å²) in [6, 6.07) is 17.3. The van der Waals surface area contributed by atoms with Gasteiger partial charge in [0.1, 0.15) is 5.00 Å². The summed E-state index contributed by atoms with van der Waals surface area (Å²) >= 11 is 1.32. The van der Waals surface area contributed by atoms with Crippen LogP contribution in [0.5, 0.6) is 0 Å². The van der Waals surface area contributed by atoms with Crippen LogP contribution in [0.25, 0.3) is 11.1 Å². The van der Waals surface area contributed by atoms with Crippen molar-refractivity contribution in [2.45, 2.75) is 13.0 Å². The summed E-state index contributed by atoms with van der Waals surface area (Å²) in [5.41, 5.74) is 3.91. The molecule has 2 N–H and O–H groups in total. The van der Waals surface area contributed by atoms with Crippen LogP contribution >= 0.6 is 11.3 Å². The second kappa shape index (κ2) is 9.23. The van der Waals surface area contributed by atoms with E-state index in [-0.39, 0.29) is 11.8 Å². The molecule has 2 aromatic carbocycles. The summed E-state index contributed by atoms with van der Waals surface area (Å²) in [5.74, 6) is -0.554. The zero-order valence-corrected chi connectivity index (χ0v) is 18.6. The van der Waals surface area contributed by atoms with Gasteiger partial charge in [0, 0.05) is 24.0 Å². The zero-order chi connectivity index (χ0) is 22.7. The van der Waals surface area contributed by atoms with Gasteiger partial charge in [-0.1, -0.05) is 42.5 Å². The van der Waals surface area contributed by atoms with Crippen LogP contribution in [-0.2, 0) is 17.7 Å². The van der Waals surface area contributed by atoms with Crippen LogP contribution in [0, 0.1) is 0 Å². The monoisotopic (exact) mass is 449 g/mol. The summed E-state index contributed by atoms with van der Waals surface area (Å²) in [6.45, 7) is 0.799. The maximum Gasteiger partial charge on any atom is 0.409 e. The van der Waals surface area contributed by atoms with Gasteiger partial charge in [0.2, 0.25) is 0 Å². The Morgan fingerprint density at radius 2 is 1.66 bits per heavy atom. The number of methoxy groups -OCH3 is 1. The molecule has 0 atom stereocenters. The summed E-state index contributed by atoms with van der Waals surface area (Å²) in [5, 5.41) is 6.04. The van der Waals surface area contributed by atoms with Gasteiger partial charge in [-0.05, 0) is 35.2 Å². The first-order valence-corrected chi connectivity index (χ1v) is 11.0. The van der Waals surface area contributed by atoms with Crippen molar-refractivity contribution in [2.75, 3.05) is 26.0 Å². The van der Waals surface area contributed by atoms with Gasteiger partial charge in [0.25, 0.3) is 11.8 Å². The van der Waals surface area contributed by atoms with E-state index < -0.39 is 6.09 Å². The Morgan fingerprint density at radius 1 is 0.969 bits per heavy atom. The molecule has 1 aliphatic rings. The van der Waals surface area contributed by atoms with E-state index in [1.165, 1.54) is 18.4 Å². The predicted octanol–water partition coefficient (Wildman–Crippen LogP) is 4.15. The Labute approximate surface area is 190 Å². The number of benzene rings is 2. The number of carbonyl (C=O) groups is 3. The molecule has 32 heavy (non-hydrogen) atoms. The van der Waals surface area contributed by atoms with Crippen molar-refractivity contribution in [2.24, 2.45) is 0 Å². The minimum atomic E-state index is -0.408. The Balaban J connectivity index is 1.58. The van der Waals surface area contributed by atoms with E-state index in [0.29, 0.717) is 35.6 Å². The van der Waals surface area contributed by atoms with Crippen LogP contribution in [0.1, 0.15) is 31.2 Å². The molecular weight excluding hydrogens is 426 g/mol. The van der Waals surface area contributed by atoms with E-state index in [9.17, 15) is 14.4 Å². The third-order valence-electron chi connectivity index (χ3n) is 5.43. The summed E-state index contributed by atoms with van der Waals surface area (Å²) in [6.07, 6.45) is 0.111. The van der Waals surface area contributed by atoms with Crippen molar-refractivity contribution in [1.82, 2.24) is 10.2 Å². The van der Waals surface area contributed by atoms with Gasteiger partial charge in [-0.3, -0.25) is 9.59 Å². The summed E-state index contributed by atoms with van der Waals surface area (Å²) in [4.78, 5) is 39.9. The van der Waals surface area contributed by atoms with Gasteiger partial charge in [-0.15, -0.1) is 11.3 Å². The molecule has 0 spiro atoms. The first-order valence-electron chi connectivity index (χ1n) is 10.2. The molecule has 7 nitrogen and oxygen atoms in total. The number of thiophene rings is 1. The largest absolute Gasteiger partial charge is 0.453 e. The van der Waals surface area contributed by atoms with Crippen molar-refractivity contribution in [3.8, 4) is 11.1 Å². The summed E-state index contributed by atoms with van der Waals surface area (Å²) in [7, 11) is 2.90. The number of fused-ring (bicyclic) bond motifs is 1. The molecule has 0 saturated carbocycles. The molecule has 1 aliphatic heterocycles. The molecule has 1 aromatic heterocycles. The van der Waals surface area contributed by atoms with Crippen LogP contribution in [-0.4, -0.2) is 43.5 Å². The molecule has 0 saturated heterocycles. The Hall–Kier alpha value is -3.65. The molecule has 0 bridgehead atoms. The quantitative estimate of drug-likeness (QED) is 0.626. The molecule has 164 valence electrons. The predicted molar refractivity (Wildman–Crippen MR) is 124 cm³/mol. The average Bonchev–Trinajstić information content (AvgIpc) is 3.20. The van der Waals surface area contributed by atoms with E-state index in [4.69, 9.17) is 4.74 Å². The maximum absolute atomic E-state index is 12.9. The van der Waals surface area contributed by atoms with Crippen LogP contribution in [0.2, 0.25) is 0 Å². The molecule has 3 aromatic rings. The highest BCUT2D eigenvalue weighted by molar-refractivity contribution is 7.17. The highest BCUT2D eigenvalue weighted by atomic mass is 32.1. The number of ether oxygens (including phenoxy) is 1. The maximum atomic E-state index is 12.9. The van der Waals surface area contributed by atoms with Crippen molar-refractivity contribution >= 4 is 34.2 Å². The number of nitrogens with one attached hydrogen (secondary N) is 2. The lowest BCUT2D eigenvalue weighted by Gasteiger charge is -2.25. The highest BCUT2D eigenvalue weighted by Gasteiger charge is 2.30. The number of amides is 3. The van der Waals surface area contributed by atoms with Crippen LogP contribution in [0.15, 0.2) is 54.6 Å². The lowest BCUT2D eigenvalue weighted by atomic mass is 10.0. The topological polar surface area (TPSA) is 87.7 Å². The van der Waals surface area contributed by atoms with Crippen LogP contribution in [0.4, 0.5) is 9.80 Å². The van der Waals surface area contributed by atoms with Gasteiger partial charge >= 0.3 is 6.09 Å². The lowest BCUT2D eigenvalue weighted by Crippen LogP contribution is -2.35. The Bertz CT molecular complexity index is 1160. The zero-order valence-electron chi connectivity index (χ0n) is 17.8. The number of carbonyl (C=O) groups excluding carboxylic acids is 3. The molecule has 0 fully saturated rings. The highest BCUT2D eigenvalue weighted by Crippen LogP contribution is 2.37. The van der Waals surface area contributed by atoms with Gasteiger partial charge in [0.15, 0.2) is 0 Å². The van der Waals surface area contributed by atoms with E-state index in [1.807, 2.05) is 42.5 Å². The Morgan fingerprint density at radius 3 is 2.31 bits per heavy atom. The Kier molecular flexibility index (Phi) is 6.23. The SMILES string of the molecule is CNC(=O)c1c(NC(=O)c2ccc(-c3ccccc3)cc2)sc2c1CCN(C(=O)OC)C2. The standard InChI is InChI=1S/C24H23N3O4S/c1-25-22(29)20-18-12-13-27(24(30)31-2)14-19(18)32-23(20)26-21(28)17-10-8-16(9-11-17)15-6-4-3-5-7-15/h3-11H,12-14H2,1-2H3,(H,25,29)(H,26,28). The molecule has 0 unspecified atom stereocenters. The fraction of sp³-hybridized carbons (Fsp3) is 0.208. The van der Waals surface area contributed by atoms with Gasteiger partial charge < -0.3 is 20.3 Å². The lowest BCUT2D eigenvalue weighted by molar-refractivity contribution is 0.0962. The normalized spacial score (nSPS) is 12.6. The second-order valence-corrected chi connectivity index (χ2v) is 8.43. The first kappa shape index (κ1) is 21.6. The molecule has 8 heteroatoms. The van der Waals surface area contributed by atoms with Gasteiger partial charge in [0.05, 0.1) is 19.2 Å². The average molecular weight is 450 g/mol. The van der Waals surface area contributed by atoms with Crippen molar-refractivity contribution < 1.29 is 19.1 Å². The fourth-order valence-corrected chi connectivity index (χ4v) is 5.02. The number of hydrogen-bond donors (Lipinski definition) is 2. The molecule has 0 radical (unpaired) electrons. The van der Waals surface area contributed by atoms with Gasteiger partial charge in [-0.25, -0.2) is 4.79 Å². The van der Waals surface area contributed by atoms with Crippen molar-refractivity contribution in [3.05, 3.63) is 76.2 Å². The molecule has 0 aliphatic carbocycles. The van der Waals surface area contributed by atoms with Crippen molar-refractivity contribution in [3.63, 3.8) is 0 Å². The minimum Gasteiger partial charge on any atom is -0.453 e. The third-order valence-corrected chi connectivity index (χ3v) is 6.56. The molecular formula is C24H23N3O4S. The number of hydrogen-bond acceptors (Lipinski definition) is 5. The third kappa shape index (κ3) is 4.22. The molecule has 3 amide bonds. The van der Waals surface area contributed by atoms with E-state index >= 15 is 0 Å². The molecule has 4 rings (SSSR count). The van der Waals surface area contributed by atoms with E-state index in [1.54, 1.807) is 24.1 Å². The number of nitrogens with zero attached hydrogens (tertiary/aromatic N) is 1. The molecule has 2 heterocycles. The van der Waals surface area contributed by atoms with Crippen LogP contribution < -0.4 is 10.6 Å². The second-order valence-electron chi connectivity index (χ2n) is 7.33. The number of anilines is 1. The first-order chi connectivity index (χ1) is 15.5. The van der Waals surface area contributed by atoms with Crippen LogP contribution in [0.3, 0.4) is 0 Å². The van der Waals surface area contributed by atoms with Crippen molar-refractivity contribution in [1.29, 1.82) is 0 Å². The minimum absolute atomic E-state index is 0.260. The fourth-order valence-electron chi connectivity index (χ4n) is 3.76. The van der Waals surface area contributed by atoms with E-state index in [2.05, 4.69) is 10.6 Å². The summed E-state index contributed by atoms with van der Waals surface area (Å²) < 4.78 is 4.82. The van der Waals surface area contributed by atoms with E-state index in [0.717, 1.165) is 21.6 Å².